The summed E-state index contributed by atoms with van der Waals surface area (Å²) in [6, 6.07) is -1.36. The Balaban J connectivity index is 2.56. The SMILES string of the molecule is CCOC(=O)[C@H]1CCCN(C(C)C(=O)NC(N)=O)C1. The van der Waals surface area contributed by atoms with Crippen molar-refractivity contribution in [3.05, 3.63) is 0 Å². The van der Waals surface area contributed by atoms with Gasteiger partial charge in [-0.3, -0.25) is 19.8 Å². The molecule has 1 fully saturated rings. The minimum Gasteiger partial charge on any atom is -0.466 e. The zero-order chi connectivity index (χ0) is 14.4. The summed E-state index contributed by atoms with van der Waals surface area (Å²) in [5.74, 6) is -0.885. The second-order valence-corrected chi connectivity index (χ2v) is 4.62. The van der Waals surface area contributed by atoms with Gasteiger partial charge in [0.1, 0.15) is 0 Å². The molecule has 0 aromatic rings. The topological polar surface area (TPSA) is 102 Å². The largest absolute Gasteiger partial charge is 0.466 e. The highest BCUT2D eigenvalue weighted by molar-refractivity contribution is 5.96. The molecule has 0 spiro atoms. The zero-order valence-corrected chi connectivity index (χ0v) is 11.3. The zero-order valence-electron chi connectivity index (χ0n) is 11.3. The fourth-order valence-electron chi connectivity index (χ4n) is 2.20. The Bertz CT molecular complexity index is 359. The summed E-state index contributed by atoms with van der Waals surface area (Å²) in [4.78, 5) is 35.9. The number of carbonyl (C=O) groups excluding carboxylic acids is 3. The molecule has 2 atom stereocenters. The molecule has 1 unspecified atom stereocenters. The van der Waals surface area contributed by atoms with E-state index in [2.05, 4.69) is 5.32 Å². The first-order valence-corrected chi connectivity index (χ1v) is 6.46. The maximum absolute atomic E-state index is 11.7. The average molecular weight is 271 g/mol. The molecule has 1 rings (SSSR count). The van der Waals surface area contributed by atoms with Crippen molar-refractivity contribution in [1.29, 1.82) is 0 Å². The number of nitrogens with two attached hydrogens (primary N) is 1. The third kappa shape index (κ3) is 4.51. The van der Waals surface area contributed by atoms with Crippen molar-refractivity contribution < 1.29 is 19.1 Å². The molecule has 3 amide bonds. The van der Waals surface area contributed by atoms with Gasteiger partial charge in [-0.15, -0.1) is 0 Å². The number of carbonyl (C=O) groups is 3. The molecule has 0 saturated carbocycles. The standard InChI is InChI=1S/C12H21N3O4/c1-3-19-11(17)9-5-4-6-15(7-9)8(2)10(16)14-12(13)18/h8-9H,3-7H2,1-2H3,(H3,13,14,16,18)/t8?,9-/m0/s1. The molecule has 1 heterocycles. The monoisotopic (exact) mass is 271 g/mol. The van der Waals surface area contributed by atoms with Crippen molar-refractivity contribution in [3.63, 3.8) is 0 Å². The van der Waals surface area contributed by atoms with Crippen molar-refractivity contribution in [3.8, 4) is 0 Å². The van der Waals surface area contributed by atoms with Crippen molar-refractivity contribution in [2.75, 3.05) is 19.7 Å². The van der Waals surface area contributed by atoms with Gasteiger partial charge in [0.15, 0.2) is 0 Å². The van der Waals surface area contributed by atoms with Gasteiger partial charge in [0.05, 0.1) is 18.6 Å². The highest BCUT2D eigenvalue weighted by Gasteiger charge is 2.31. The first kappa shape index (κ1) is 15.4. The molecular weight excluding hydrogens is 250 g/mol. The van der Waals surface area contributed by atoms with E-state index in [4.69, 9.17) is 10.5 Å². The molecular formula is C12H21N3O4. The second kappa shape index (κ2) is 7.08. The van der Waals surface area contributed by atoms with E-state index in [0.717, 1.165) is 12.8 Å². The number of imide groups is 1. The molecule has 3 N–H and O–H groups in total. The predicted molar refractivity (Wildman–Crippen MR) is 68.1 cm³/mol. The molecule has 1 aliphatic rings. The van der Waals surface area contributed by atoms with Crippen molar-refractivity contribution in [1.82, 2.24) is 10.2 Å². The van der Waals surface area contributed by atoms with Gasteiger partial charge in [0.25, 0.3) is 0 Å². The molecule has 1 aliphatic heterocycles. The summed E-state index contributed by atoms with van der Waals surface area (Å²) in [7, 11) is 0. The van der Waals surface area contributed by atoms with Gasteiger partial charge >= 0.3 is 12.0 Å². The molecule has 7 heteroatoms. The minimum atomic E-state index is -0.865. The molecule has 0 aliphatic carbocycles. The van der Waals surface area contributed by atoms with E-state index in [1.807, 2.05) is 4.90 Å². The van der Waals surface area contributed by atoms with Gasteiger partial charge in [-0.05, 0) is 33.2 Å². The molecule has 0 radical (unpaired) electrons. The third-order valence-corrected chi connectivity index (χ3v) is 3.25. The first-order chi connectivity index (χ1) is 8.95. The molecule has 0 bridgehead atoms. The lowest BCUT2D eigenvalue weighted by atomic mass is 9.97. The molecule has 1 saturated heterocycles. The van der Waals surface area contributed by atoms with Crippen LogP contribution in [0.4, 0.5) is 4.79 Å². The fourth-order valence-corrected chi connectivity index (χ4v) is 2.20. The van der Waals surface area contributed by atoms with Gasteiger partial charge in [-0.1, -0.05) is 0 Å². The van der Waals surface area contributed by atoms with Crippen LogP contribution in [0.3, 0.4) is 0 Å². The van der Waals surface area contributed by atoms with Gasteiger partial charge in [0.2, 0.25) is 5.91 Å². The van der Waals surface area contributed by atoms with E-state index in [-0.39, 0.29) is 11.9 Å². The maximum Gasteiger partial charge on any atom is 0.318 e. The highest BCUT2D eigenvalue weighted by atomic mass is 16.5. The van der Waals surface area contributed by atoms with Gasteiger partial charge in [0, 0.05) is 6.54 Å². The summed E-state index contributed by atoms with van der Waals surface area (Å²) in [6.45, 7) is 4.98. The number of ether oxygens (including phenoxy) is 1. The molecule has 7 nitrogen and oxygen atoms in total. The maximum atomic E-state index is 11.7. The fraction of sp³-hybridized carbons (Fsp3) is 0.750. The van der Waals surface area contributed by atoms with Crippen LogP contribution < -0.4 is 11.1 Å². The van der Waals surface area contributed by atoms with Crippen LogP contribution in [0.15, 0.2) is 0 Å². The summed E-state index contributed by atoms with van der Waals surface area (Å²) in [6.07, 6.45) is 1.58. The van der Waals surface area contributed by atoms with Crippen LogP contribution in [0.1, 0.15) is 26.7 Å². The van der Waals surface area contributed by atoms with Gasteiger partial charge in [-0.2, -0.15) is 0 Å². The van der Waals surface area contributed by atoms with Crippen molar-refractivity contribution >= 4 is 17.9 Å². The Kier molecular flexibility index (Phi) is 5.75. The Morgan fingerprint density at radius 2 is 2.16 bits per heavy atom. The Morgan fingerprint density at radius 3 is 2.74 bits per heavy atom. The van der Waals surface area contributed by atoms with E-state index in [9.17, 15) is 14.4 Å². The number of amides is 3. The van der Waals surface area contributed by atoms with Crippen molar-refractivity contribution in [2.45, 2.75) is 32.7 Å². The normalized spacial score (nSPS) is 21.5. The van der Waals surface area contributed by atoms with Crippen LogP contribution in [-0.4, -0.2) is 48.5 Å². The second-order valence-electron chi connectivity index (χ2n) is 4.62. The number of urea groups is 1. The summed E-state index contributed by atoms with van der Waals surface area (Å²) < 4.78 is 4.99. The lowest BCUT2D eigenvalue weighted by Crippen LogP contribution is -2.52. The minimum absolute atomic E-state index is 0.211. The lowest BCUT2D eigenvalue weighted by molar-refractivity contribution is -0.151. The molecule has 0 aromatic carbocycles. The van der Waals surface area contributed by atoms with Gasteiger partial charge < -0.3 is 10.5 Å². The number of nitrogens with zero attached hydrogens (tertiary/aromatic N) is 1. The molecule has 19 heavy (non-hydrogen) atoms. The van der Waals surface area contributed by atoms with E-state index in [0.29, 0.717) is 19.7 Å². The highest BCUT2D eigenvalue weighted by Crippen LogP contribution is 2.19. The van der Waals surface area contributed by atoms with Crippen LogP contribution in [-0.2, 0) is 14.3 Å². The quantitative estimate of drug-likeness (QED) is 0.692. The summed E-state index contributed by atoms with van der Waals surface area (Å²) in [5.41, 5.74) is 4.91. The summed E-state index contributed by atoms with van der Waals surface area (Å²) >= 11 is 0. The van der Waals surface area contributed by atoms with Crippen LogP contribution in [0, 0.1) is 5.92 Å². The van der Waals surface area contributed by atoms with Crippen molar-refractivity contribution in [2.24, 2.45) is 11.7 Å². The number of rotatable bonds is 4. The number of nitrogens with one attached hydrogen (secondary N) is 1. The van der Waals surface area contributed by atoms with E-state index < -0.39 is 18.0 Å². The Labute approximate surface area is 112 Å². The van der Waals surface area contributed by atoms with Gasteiger partial charge in [-0.25, -0.2) is 4.79 Å². The molecule has 0 aromatic heterocycles. The van der Waals surface area contributed by atoms with Crippen LogP contribution in [0.2, 0.25) is 0 Å². The lowest BCUT2D eigenvalue weighted by Gasteiger charge is -2.34. The smallest absolute Gasteiger partial charge is 0.318 e. The molecule has 108 valence electrons. The van der Waals surface area contributed by atoms with Crippen LogP contribution in [0.25, 0.3) is 0 Å². The number of likely N-dealkylation sites (tertiary alicyclic amines) is 1. The van der Waals surface area contributed by atoms with E-state index in [1.54, 1.807) is 13.8 Å². The number of piperidine rings is 1. The van der Waals surface area contributed by atoms with E-state index >= 15 is 0 Å². The number of primary amides is 1. The number of hydrogen-bond acceptors (Lipinski definition) is 5. The third-order valence-electron chi connectivity index (χ3n) is 3.25. The van der Waals surface area contributed by atoms with E-state index in [1.165, 1.54) is 0 Å². The Hall–Kier alpha value is -1.63. The number of esters is 1. The van der Waals surface area contributed by atoms with Crippen LogP contribution in [0.5, 0.6) is 0 Å². The van der Waals surface area contributed by atoms with Crippen LogP contribution >= 0.6 is 0 Å². The predicted octanol–water partition coefficient (Wildman–Crippen LogP) is -0.155. The Morgan fingerprint density at radius 1 is 1.47 bits per heavy atom. The summed E-state index contributed by atoms with van der Waals surface area (Å²) in [5, 5.41) is 2.05. The first-order valence-electron chi connectivity index (χ1n) is 6.46. The number of hydrogen-bond donors (Lipinski definition) is 2. The average Bonchev–Trinajstić information content (AvgIpc) is 2.37.